The van der Waals surface area contributed by atoms with Gasteiger partial charge in [-0.05, 0) is 54.7 Å². The number of carbonyl (C=O) groups excluding carboxylic acids is 2. The fourth-order valence-corrected chi connectivity index (χ4v) is 4.93. The molecule has 1 aliphatic heterocycles. The fourth-order valence-electron chi connectivity index (χ4n) is 4.80. The van der Waals surface area contributed by atoms with E-state index in [0.717, 1.165) is 22.5 Å². The summed E-state index contributed by atoms with van der Waals surface area (Å²) in [5.41, 5.74) is 5.16. The molecule has 2 aliphatic rings. The summed E-state index contributed by atoms with van der Waals surface area (Å²) in [6.45, 7) is 1.85. The predicted molar refractivity (Wildman–Crippen MR) is 128 cm³/mol. The first-order valence-electron chi connectivity index (χ1n) is 10.7. The highest BCUT2D eigenvalue weighted by molar-refractivity contribution is 6.30. The summed E-state index contributed by atoms with van der Waals surface area (Å²) in [5, 5.41) is 0.671. The van der Waals surface area contributed by atoms with E-state index in [1.807, 2.05) is 74.4 Å². The van der Waals surface area contributed by atoms with Crippen LogP contribution in [0.25, 0.3) is 0 Å². The molecule has 4 rings (SSSR count). The number of ether oxygens (including phenoxy) is 1. The van der Waals surface area contributed by atoms with E-state index in [-0.39, 0.29) is 17.7 Å². The van der Waals surface area contributed by atoms with E-state index < -0.39 is 11.8 Å². The van der Waals surface area contributed by atoms with Gasteiger partial charge in [-0.1, -0.05) is 35.9 Å². The number of rotatable bonds is 4. The van der Waals surface area contributed by atoms with Gasteiger partial charge in [0.25, 0.3) is 0 Å². The van der Waals surface area contributed by atoms with Crippen molar-refractivity contribution in [3.05, 3.63) is 76.0 Å². The third-order valence-electron chi connectivity index (χ3n) is 6.45. The van der Waals surface area contributed by atoms with Crippen LogP contribution < -0.4 is 4.90 Å². The van der Waals surface area contributed by atoms with Crippen molar-refractivity contribution in [2.75, 3.05) is 26.1 Å². The molecule has 0 saturated carbocycles. The lowest BCUT2D eigenvalue weighted by Gasteiger charge is -2.36. The number of methoxy groups -OCH3 is 1. The smallest absolute Gasteiger partial charge is 0.315 e. The third kappa shape index (κ3) is 4.09. The normalized spacial score (nSPS) is 22.8. The van der Waals surface area contributed by atoms with Crippen molar-refractivity contribution in [2.24, 2.45) is 10.9 Å². The van der Waals surface area contributed by atoms with Crippen LogP contribution in [-0.4, -0.2) is 38.7 Å². The lowest BCUT2D eigenvalue weighted by atomic mass is 9.69. The van der Waals surface area contributed by atoms with Crippen LogP contribution in [-0.2, 0) is 14.3 Å². The maximum atomic E-state index is 13.5. The summed E-state index contributed by atoms with van der Waals surface area (Å²) in [5.74, 6) is -1.29. The monoisotopic (exact) mass is 450 g/mol. The molecule has 0 bridgehead atoms. The van der Waals surface area contributed by atoms with Gasteiger partial charge in [0.05, 0.1) is 7.11 Å². The number of hydrogen-bond acceptors (Lipinski definition) is 5. The largest absolute Gasteiger partial charge is 0.468 e. The van der Waals surface area contributed by atoms with Crippen molar-refractivity contribution in [1.29, 1.82) is 0 Å². The third-order valence-corrected chi connectivity index (χ3v) is 6.71. The van der Waals surface area contributed by atoms with Crippen LogP contribution >= 0.6 is 11.6 Å². The second-order valence-electron chi connectivity index (χ2n) is 8.66. The maximum Gasteiger partial charge on any atom is 0.315 e. The molecule has 5 nitrogen and oxygen atoms in total. The summed E-state index contributed by atoms with van der Waals surface area (Å²) in [4.78, 5) is 33.0. The molecule has 6 heteroatoms. The van der Waals surface area contributed by atoms with Crippen LogP contribution in [0.3, 0.4) is 0 Å². The summed E-state index contributed by atoms with van der Waals surface area (Å²) in [6, 6.07) is 15.7. The van der Waals surface area contributed by atoms with Crippen molar-refractivity contribution < 1.29 is 14.3 Å². The molecule has 0 fully saturated rings. The number of halogens is 1. The van der Waals surface area contributed by atoms with E-state index in [1.54, 1.807) is 0 Å². The molecule has 2 aromatic rings. The molecule has 1 heterocycles. The molecule has 1 unspecified atom stereocenters. The van der Waals surface area contributed by atoms with E-state index in [9.17, 15) is 9.59 Å². The standard InChI is InChI=1S/C26H27ClN2O3/c1-15-23(26(31)32-4)24(17-7-11-20(12-8-17)29(2)3)25-21(28-15)13-18(14-22(25)30)16-5-9-19(27)10-6-16/h5-12,18,23-24H,13-14H2,1-4H3/t18-,23?,24+/m0/s1. The van der Waals surface area contributed by atoms with Gasteiger partial charge in [0.15, 0.2) is 5.78 Å². The lowest BCUT2D eigenvalue weighted by Crippen LogP contribution is -2.37. The van der Waals surface area contributed by atoms with E-state index in [1.165, 1.54) is 7.11 Å². The highest BCUT2D eigenvalue weighted by atomic mass is 35.5. The van der Waals surface area contributed by atoms with Crippen LogP contribution in [0.15, 0.2) is 64.8 Å². The minimum Gasteiger partial charge on any atom is -0.468 e. The predicted octanol–water partition coefficient (Wildman–Crippen LogP) is 5.15. The van der Waals surface area contributed by atoms with Gasteiger partial charge in [-0.2, -0.15) is 0 Å². The van der Waals surface area contributed by atoms with Gasteiger partial charge < -0.3 is 9.64 Å². The van der Waals surface area contributed by atoms with Crippen LogP contribution in [0.4, 0.5) is 5.69 Å². The molecule has 1 aliphatic carbocycles. The number of nitrogens with zero attached hydrogens (tertiary/aromatic N) is 2. The van der Waals surface area contributed by atoms with Crippen LogP contribution in [0, 0.1) is 5.92 Å². The van der Waals surface area contributed by atoms with Gasteiger partial charge in [0.1, 0.15) is 5.92 Å². The van der Waals surface area contributed by atoms with E-state index >= 15 is 0 Å². The first kappa shape index (κ1) is 22.3. The summed E-state index contributed by atoms with van der Waals surface area (Å²) >= 11 is 6.04. The Labute approximate surface area is 193 Å². The Hall–Kier alpha value is -2.92. The number of hydrogen-bond donors (Lipinski definition) is 0. The zero-order chi connectivity index (χ0) is 23.0. The van der Waals surface area contributed by atoms with Gasteiger partial charge in [0, 0.05) is 54.1 Å². The van der Waals surface area contributed by atoms with E-state index in [2.05, 4.69) is 0 Å². The molecule has 0 aromatic heterocycles. The highest BCUT2D eigenvalue weighted by Crippen LogP contribution is 2.47. The zero-order valence-corrected chi connectivity index (χ0v) is 19.5. The molecule has 32 heavy (non-hydrogen) atoms. The first-order chi connectivity index (χ1) is 15.3. The van der Waals surface area contributed by atoms with Gasteiger partial charge in [0.2, 0.25) is 0 Å². The molecule has 3 atom stereocenters. The molecule has 2 aromatic carbocycles. The number of carbonyl (C=O) groups is 2. The van der Waals surface area contributed by atoms with Crippen LogP contribution in [0.5, 0.6) is 0 Å². The Bertz CT molecular complexity index is 1100. The summed E-state index contributed by atoms with van der Waals surface area (Å²) < 4.78 is 5.12. The van der Waals surface area contributed by atoms with Crippen molar-refractivity contribution in [3.8, 4) is 0 Å². The Morgan fingerprint density at radius 1 is 1.03 bits per heavy atom. The molecule has 0 amide bonds. The van der Waals surface area contributed by atoms with Gasteiger partial charge in [-0.25, -0.2) is 0 Å². The van der Waals surface area contributed by atoms with Crippen LogP contribution in [0.1, 0.15) is 42.7 Å². The molecular weight excluding hydrogens is 424 g/mol. The average Bonchev–Trinajstić information content (AvgIpc) is 2.78. The number of ketones is 1. The number of benzene rings is 2. The van der Waals surface area contributed by atoms with Crippen molar-refractivity contribution in [3.63, 3.8) is 0 Å². The van der Waals surface area contributed by atoms with Crippen LogP contribution in [0.2, 0.25) is 5.02 Å². The minimum atomic E-state index is -0.611. The number of aliphatic imine (C=N–C) groups is 1. The van der Waals surface area contributed by atoms with Crippen molar-refractivity contribution in [2.45, 2.75) is 31.6 Å². The Morgan fingerprint density at radius 3 is 2.25 bits per heavy atom. The number of esters is 1. The maximum absolute atomic E-state index is 13.5. The van der Waals surface area contributed by atoms with Crippen molar-refractivity contribution in [1.82, 2.24) is 0 Å². The van der Waals surface area contributed by atoms with Gasteiger partial charge in [-0.15, -0.1) is 0 Å². The number of anilines is 1. The first-order valence-corrected chi connectivity index (χ1v) is 11.1. The topological polar surface area (TPSA) is 59.0 Å². The lowest BCUT2D eigenvalue weighted by molar-refractivity contribution is -0.143. The fraction of sp³-hybridized carbons (Fsp3) is 0.346. The molecule has 0 spiro atoms. The molecular formula is C26H27ClN2O3. The minimum absolute atomic E-state index is 0.0399. The summed E-state index contributed by atoms with van der Waals surface area (Å²) in [7, 11) is 5.34. The second-order valence-corrected chi connectivity index (χ2v) is 9.09. The van der Waals surface area contributed by atoms with E-state index in [4.69, 9.17) is 21.3 Å². The molecule has 0 N–H and O–H groups in total. The zero-order valence-electron chi connectivity index (χ0n) is 18.8. The average molecular weight is 451 g/mol. The Kier molecular flexibility index (Phi) is 6.20. The number of Topliss-reactive ketones (excluding diaryl/α,β-unsaturated/α-hetero) is 1. The number of allylic oxidation sites excluding steroid dienone is 2. The molecule has 0 radical (unpaired) electrons. The molecule has 166 valence electrons. The summed E-state index contributed by atoms with van der Waals surface area (Å²) in [6.07, 6.45) is 1.04. The molecule has 0 saturated heterocycles. The SMILES string of the molecule is COC(=O)C1C(C)=NC2=C(C(=O)C[C@@H](c3ccc(Cl)cc3)C2)[C@@H]1c1ccc(N(C)C)cc1. The quantitative estimate of drug-likeness (QED) is 0.604. The van der Waals surface area contributed by atoms with Gasteiger partial charge >= 0.3 is 5.97 Å². The van der Waals surface area contributed by atoms with Gasteiger partial charge in [-0.3, -0.25) is 14.6 Å². The Balaban J connectivity index is 1.78. The van der Waals surface area contributed by atoms with Crippen molar-refractivity contribution >= 4 is 34.8 Å². The highest BCUT2D eigenvalue weighted by Gasteiger charge is 2.44. The van der Waals surface area contributed by atoms with E-state index in [0.29, 0.717) is 29.1 Å². The Morgan fingerprint density at radius 2 is 1.66 bits per heavy atom. The second kappa shape index (κ2) is 8.91.